The lowest BCUT2D eigenvalue weighted by Gasteiger charge is -2.02. The standard InChI is InChI=1S/C12H13BrN2/c1-10(7-13)11-8-14-15(9-11)12-5-3-2-4-6-12/h2-6,8-10H,7H2,1H3. The summed E-state index contributed by atoms with van der Waals surface area (Å²) in [6, 6.07) is 10.1. The summed E-state index contributed by atoms with van der Waals surface area (Å²) in [5.74, 6) is 0.502. The predicted molar refractivity (Wildman–Crippen MR) is 65.8 cm³/mol. The van der Waals surface area contributed by atoms with Crippen molar-refractivity contribution in [2.24, 2.45) is 0 Å². The lowest BCUT2D eigenvalue weighted by Crippen LogP contribution is -1.94. The second-order valence-corrected chi connectivity index (χ2v) is 4.26. The first-order valence-electron chi connectivity index (χ1n) is 4.97. The molecule has 0 saturated heterocycles. The highest BCUT2D eigenvalue weighted by Crippen LogP contribution is 2.17. The van der Waals surface area contributed by atoms with Gasteiger partial charge in [0, 0.05) is 11.5 Å². The number of nitrogens with zero attached hydrogens (tertiary/aromatic N) is 2. The van der Waals surface area contributed by atoms with Crippen molar-refractivity contribution >= 4 is 15.9 Å². The number of rotatable bonds is 3. The van der Waals surface area contributed by atoms with Crippen LogP contribution in [-0.4, -0.2) is 15.1 Å². The highest BCUT2D eigenvalue weighted by Gasteiger charge is 2.06. The topological polar surface area (TPSA) is 17.8 Å². The van der Waals surface area contributed by atoms with Gasteiger partial charge in [-0.05, 0) is 23.6 Å². The molecule has 1 heterocycles. The Morgan fingerprint density at radius 2 is 2.07 bits per heavy atom. The van der Waals surface area contributed by atoms with Gasteiger partial charge in [-0.25, -0.2) is 4.68 Å². The van der Waals surface area contributed by atoms with E-state index >= 15 is 0 Å². The van der Waals surface area contributed by atoms with Crippen LogP contribution in [0.15, 0.2) is 42.7 Å². The maximum Gasteiger partial charge on any atom is 0.0645 e. The molecule has 0 fully saturated rings. The molecule has 2 rings (SSSR count). The Morgan fingerprint density at radius 1 is 1.33 bits per heavy atom. The van der Waals surface area contributed by atoms with Crippen molar-refractivity contribution < 1.29 is 0 Å². The van der Waals surface area contributed by atoms with Gasteiger partial charge in [-0.3, -0.25) is 0 Å². The highest BCUT2D eigenvalue weighted by atomic mass is 79.9. The van der Waals surface area contributed by atoms with Gasteiger partial charge in [0.15, 0.2) is 0 Å². The summed E-state index contributed by atoms with van der Waals surface area (Å²) in [6.45, 7) is 2.18. The molecule has 78 valence electrons. The molecule has 0 radical (unpaired) electrons. The minimum Gasteiger partial charge on any atom is -0.241 e. The van der Waals surface area contributed by atoms with E-state index in [-0.39, 0.29) is 0 Å². The molecule has 3 heteroatoms. The van der Waals surface area contributed by atoms with E-state index in [1.54, 1.807) is 0 Å². The summed E-state index contributed by atoms with van der Waals surface area (Å²) < 4.78 is 1.91. The monoisotopic (exact) mass is 264 g/mol. The van der Waals surface area contributed by atoms with Crippen LogP contribution in [0.5, 0.6) is 0 Å². The first kappa shape index (κ1) is 10.4. The molecular formula is C12H13BrN2. The molecule has 2 nitrogen and oxygen atoms in total. The zero-order chi connectivity index (χ0) is 10.7. The zero-order valence-corrected chi connectivity index (χ0v) is 10.2. The first-order chi connectivity index (χ1) is 7.31. The van der Waals surface area contributed by atoms with Crippen molar-refractivity contribution in [1.29, 1.82) is 0 Å². The van der Waals surface area contributed by atoms with E-state index in [9.17, 15) is 0 Å². The second kappa shape index (κ2) is 4.62. The highest BCUT2D eigenvalue weighted by molar-refractivity contribution is 9.09. The minimum atomic E-state index is 0.502. The summed E-state index contributed by atoms with van der Waals surface area (Å²) in [5.41, 5.74) is 2.36. The molecule has 1 atom stereocenters. The Labute approximate surface area is 98.1 Å². The van der Waals surface area contributed by atoms with Crippen molar-refractivity contribution in [2.45, 2.75) is 12.8 Å². The molecule has 0 aliphatic rings. The molecule has 0 aliphatic heterocycles. The molecule has 0 spiro atoms. The third kappa shape index (κ3) is 2.29. The fourth-order valence-electron chi connectivity index (χ4n) is 1.40. The third-order valence-electron chi connectivity index (χ3n) is 2.42. The van der Waals surface area contributed by atoms with E-state index in [0.717, 1.165) is 11.0 Å². The van der Waals surface area contributed by atoms with Crippen molar-refractivity contribution in [3.8, 4) is 5.69 Å². The van der Waals surface area contributed by atoms with E-state index in [1.165, 1.54) is 5.56 Å². The summed E-state index contributed by atoms with van der Waals surface area (Å²) in [5, 5.41) is 5.32. The summed E-state index contributed by atoms with van der Waals surface area (Å²) in [6.07, 6.45) is 4.01. The van der Waals surface area contributed by atoms with Crippen LogP contribution >= 0.6 is 15.9 Å². The Bertz CT molecular complexity index is 422. The number of para-hydroxylation sites is 1. The van der Waals surface area contributed by atoms with Gasteiger partial charge in [-0.2, -0.15) is 5.10 Å². The van der Waals surface area contributed by atoms with Gasteiger partial charge in [-0.15, -0.1) is 0 Å². The average Bonchev–Trinajstić information content (AvgIpc) is 2.78. The smallest absolute Gasteiger partial charge is 0.0645 e. The Morgan fingerprint density at radius 3 is 2.73 bits per heavy atom. The number of alkyl halides is 1. The van der Waals surface area contributed by atoms with E-state index < -0.39 is 0 Å². The van der Waals surface area contributed by atoms with Crippen LogP contribution in [-0.2, 0) is 0 Å². The number of benzene rings is 1. The van der Waals surface area contributed by atoms with Crippen LogP contribution in [0.1, 0.15) is 18.4 Å². The molecule has 2 aromatic rings. The molecule has 0 aliphatic carbocycles. The fourth-order valence-corrected chi connectivity index (χ4v) is 1.78. The van der Waals surface area contributed by atoms with Crippen LogP contribution in [0.3, 0.4) is 0 Å². The molecule has 0 N–H and O–H groups in total. The van der Waals surface area contributed by atoms with Crippen LogP contribution in [0, 0.1) is 0 Å². The summed E-state index contributed by atoms with van der Waals surface area (Å²) in [7, 11) is 0. The van der Waals surface area contributed by atoms with E-state index in [2.05, 4.69) is 46.3 Å². The molecule has 1 unspecified atom stereocenters. The number of hydrogen-bond acceptors (Lipinski definition) is 1. The van der Waals surface area contributed by atoms with Crippen LogP contribution < -0.4 is 0 Å². The first-order valence-corrected chi connectivity index (χ1v) is 6.09. The normalized spacial score (nSPS) is 12.7. The van der Waals surface area contributed by atoms with E-state index in [4.69, 9.17) is 0 Å². The maximum atomic E-state index is 4.35. The van der Waals surface area contributed by atoms with E-state index in [1.807, 2.05) is 29.1 Å². The van der Waals surface area contributed by atoms with Crippen molar-refractivity contribution in [2.75, 3.05) is 5.33 Å². The predicted octanol–water partition coefficient (Wildman–Crippen LogP) is 3.37. The van der Waals surface area contributed by atoms with Crippen molar-refractivity contribution in [3.05, 3.63) is 48.3 Å². The third-order valence-corrected chi connectivity index (χ3v) is 3.40. The molecular weight excluding hydrogens is 252 g/mol. The van der Waals surface area contributed by atoms with Gasteiger partial charge in [0.05, 0.1) is 11.9 Å². The molecule has 0 saturated carbocycles. The molecule has 0 amide bonds. The lowest BCUT2D eigenvalue weighted by atomic mass is 10.1. The van der Waals surface area contributed by atoms with Gasteiger partial charge in [0.25, 0.3) is 0 Å². The lowest BCUT2D eigenvalue weighted by molar-refractivity contribution is 0.869. The number of hydrogen-bond donors (Lipinski definition) is 0. The minimum absolute atomic E-state index is 0.502. The average molecular weight is 265 g/mol. The van der Waals surface area contributed by atoms with Crippen LogP contribution in [0.25, 0.3) is 5.69 Å². The maximum absolute atomic E-state index is 4.35. The van der Waals surface area contributed by atoms with Gasteiger partial charge < -0.3 is 0 Å². The Kier molecular flexibility index (Phi) is 3.21. The SMILES string of the molecule is CC(CBr)c1cnn(-c2ccccc2)c1. The van der Waals surface area contributed by atoms with Crippen LogP contribution in [0.2, 0.25) is 0 Å². The van der Waals surface area contributed by atoms with Gasteiger partial charge >= 0.3 is 0 Å². The van der Waals surface area contributed by atoms with Crippen LogP contribution in [0.4, 0.5) is 0 Å². The zero-order valence-electron chi connectivity index (χ0n) is 8.60. The Hall–Kier alpha value is -1.09. The van der Waals surface area contributed by atoms with Gasteiger partial charge in [0.2, 0.25) is 0 Å². The van der Waals surface area contributed by atoms with Crippen molar-refractivity contribution in [1.82, 2.24) is 9.78 Å². The molecule has 1 aromatic heterocycles. The van der Waals surface area contributed by atoms with Gasteiger partial charge in [-0.1, -0.05) is 41.1 Å². The summed E-state index contributed by atoms with van der Waals surface area (Å²) >= 11 is 3.48. The molecule has 15 heavy (non-hydrogen) atoms. The van der Waals surface area contributed by atoms with Gasteiger partial charge in [0.1, 0.15) is 0 Å². The summed E-state index contributed by atoms with van der Waals surface area (Å²) in [4.78, 5) is 0. The Balaban J connectivity index is 2.28. The molecule has 0 bridgehead atoms. The van der Waals surface area contributed by atoms with Crippen molar-refractivity contribution in [3.63, 3.8) is 0 Å². The quantitative estimate of drug-likeness (QED) is 0.778. The number of halogens is 1. The largest absolute Gasteiger partial charge is 0.241 e. The van der Waals surface area contributed by atoms with E-state index in [0.29, 0.717) is 5.92 Å². The number of aromatic nitrogens is 2. The second-order valence-electron chi connectivity index (χ2n) is 3.61. The fraction of sp³-hybridized carbons (Fsp3) is 0.250. The molecule has 1 aromatic carbocycles.